The van der Waals surface area contributed by atoms with Crippen LogP contribution in [0.25, 0.3) is 0 Å². The Balaban J connectivity index is 2.68. The Morgan fingerprint density at radius 1 is 1.42 bits per heavy atom. The van der Waals surface area contributed by atoms with Crippen molar-refractivity contribution in [3.8, 4) is 0 Å². The summed E-state index contributed by atoms with van der Waals surface area (Å²) < 4.78 is 13.6. The number of halogens is 1. The van der Waals surface area contributed by atoms with Crippen LogP contribution in [-0.2, 0) is 13.1 Å². The highest BCUT2D eigenvalue weighted by atomic mass is 19.1. The molecular weight excluding hydrogens is 243 g/mol. The SMILES string of the molecule is CCCNC(N)=NCc1ccc(F)c(CN(C)C)c1. The predicted octanol–water partition coefficient (Wildman–Crippen LogP) is 1.70. The highest BCUT2D eigenvalue weighted by Gasteiger charge is 2.04. The lowest BCUT2D eigenvalue weighted by Gasteiger charge is -2.11. The summed E-state index contributed by atoms with van der Waals surface area (Å²) in [6.07, 6.45) is 1.000. The second-order valence-electron chi connectivity index (χ2n) is 4.79. The summed E-state index contributed by atoms with van der Waals surface area (Å²) in [6.45, 7) is 3.91. The van der Waals surface area contributed by atoms with Gasteiger partial charge in [0.1, 0.15) is 5.82 Å². The van der Waals surface area contributed by atoms with Crippen molar-refractivity contribution in [1.82, 2.24) is 10.2 Å². The van der Waals surface area contributed by atoms with Gasteiger partial charge >= 0.3 is 0 Å². The summed E-state index contributed by atoms with van der Waals surface area (Å²) in [4.78, 5) is 6.16. The number of guanidine groups is 1. The van der Waals surface area contributed by atoms with Gasteiger partial charge in [-0.3, -0.25) is 0 Å². The molecule has 106 valence electrons. The number of nitrogens with two attached hydrogens (primary N) is 1. The van der Waals surface area contributed by atoms with Gasteiger partial charge in [0.05, 0.1) is 6.54 Å². The summed E-state index contributed by atoms with van der Waals surface area (Å²) >= 11 is 0. The minimum atomic E-state index is -0.182. The zero-order valence-corrected chi connectivity index (χ0v) is 11.9. The van der Waals surface area contributed by atoms with Crippen LogP contribution < -0.4 is 11.1 Å². The molecule has 5 heteroatoms. The highest BCUT2D eigenvalue weighted by Crippen LogP contribution is 2.13. The van der Waals surface area contributed by atoms with E-state index in [0.717, 1.165) is 18.5 Å². The highest BCUT2D eigenvalue weighted by molar-refractivity contribution is 5.77. The van der Waals surface area contributed by atoms with E-state index < -0.39 is 0 Å². The van der Waals surface area contributed by atoms with Gasteiger partial charge in [0, 0.05) is 18.7 Å². The molecule has 0 aliphatic rings. The van der Waals surface area contributed by atoms with Crippen molar-refractivity contribution in [1.29, 1.82) is 0 Å². The first-order valence-corrected chi connectivity index (χ1v) is 6.48. The van der Waals surface area contributed by atoms with Gasteiger partial charge in [-0.05, 0) is 38.2 Å². The molecule has 0 aliphatic carbocycles. The van der Waals surface area contributed by atoms with Crippen LogP contribution >= 0.6 is 0 Å². The standard InChI is InChI=1S/C14H23FN4/c1-4-7-17-14(16)18-9-11-5-6-13(15)12(8-11)10-19(2)3/h5-6,8H,4,7,9-10H2,1-3H3,(H3,16,17,18). The molecule has 4 nitrogen and oxygen atoms in total. The smallest absolute Gasteiger partial charge is 0.188 e. The number of aliphatic imine (C=N–C) groups is 1. The van der Waals surface area contributed by atoms with Gasteiger partial charge in [-0.25, -0.2) is 9.38 Å². The number of benzene rings is 1. The van der Waals surface area contributed by atoms with E-state index in [0.29, 0.717) is 24.6 Å². The Morgan fingerprint density at radius 3 is 2.79 bits per heavy atom. The third-order valence-electron chi connectivity index (χ3n) is 2.58. The lowest BCUT2D eigenvalue weighted by Crippen LogP contribution is -2.32. The van der Waals surface area contributed by atoms with Crippen molar-refractivity contribution < 1.29 is 4.39 Å². The number of nitrogens with zero attached hydrogens (tertiary/aromatic N) is 2. The molecule has 1 aromatic carbocycles. The van der Waals surface area contributed by atoms with Gasteiger partial charge < -0.3 is 16.0 Å². The van der Waals surface area contributed by atoms with Crippen molar-refractivity contribution in [2.24, 2.45) is 10.7 Å². The molecule has 0 saturated heterocycles. The van der Waals surface area contributed by atoms with Crippen molar-refractivity contribution in [3.63, 3.8) is 0 Å². The Kier molecular flexibility index (Phi) is 6.29. The van der Waals surface area contributed by atoms with Crippen LogP contribution in [0.2, 0.25) is 0 Å². The average molecular weight is 266 g/mol. The molecule has 0 atom stereocenters. The minimum absolute atomic E-state index is 0.182. The second kappa shape index (κ2) is 7.74. The fourth-order valence-electron chi connectivity index (χ4n) is 1.67. The quantitative estimate of drug-likeness (QED) is 0.608. The van der Waals surface area contributed by atoms with Crippen LogP contribution in [0.1, 0.15) is 24.5 Å². The molecule has 0 amide bonds. The minimum Gasteiger partial charge on any atom is -0.370 e. The van der Waals surface area contributed by atoms with Gasteiger partial charge in [-0.15, -0.1) is 0 Å². The zero-order valence-electron chi connectivity index (χ0n) is 11.9. The van der Waals surface area contributed by atoms with Crippen molar-refractivity contribution >= 4 is 5.96 Å². The number of hydrogen-bond donors (Lipinski definition) is 2. The first-order chi connectivity index (χ1) is 9.02. The Hall–Kier alpha value is -1.62. The molecule has 0 heterocycles. The first-order valence-electron chi connectivity index (χ1n) is 6.48. The molecule has 0 spiro atoms. The van der Waals surface area contributed by atoms with E-state index >= 15 is 0 Å². The Bertz CT molecular complexity index is 429. The molecule has 0 bridgehead atoms. The predicted molar refractivity (Wildman–Crippen MR) is 77.4 cm³/mol. The topological polar surface area (TPSA) is 53.6 Å². The van der Waals surface area contributed by atoms with Crippen LogP contribution in [0.3, 0.4) is 0 Å². The monoisotopic (exact) mass is 266 g/mol. The lowest BCUT2D eigenvalue weighted by atomic mass is 10.1. The summed E-state index contributed by atoms with van der Waals surface area (Å²) in [6, 6.07) is 5.07. The summed E-state index contributed by atoms with van der Waals surface area (Å²) in [5.74, 6) is 0.249. The van der Waals surface area contributed by atoms with Gasteiger partial charge in [0.15, 0.2) is 5.96 Å². The van der Waals surface area contributed by atoms with Crippen LogP contribution in [0.15, 0.2) is 23.2 Å². The molecule has 0 aliphatic heterocycles. The van der Waals surface area contributed by atoms with Crippen LogP contribution in [0.4, 0.5) is 4.39 Å². The van der Waals surface area contributed by atoms with E-state index in [1.807, 2.05) is 25.1 Å². The van der Waals surface area contributed by atoms with E-state index in [1.165, 1.54) is 6.07 Å². The van der Waals surface area contributed by atoms with Gasteiger partial charge in [0.2, 0.25) is 0 Å². The average Bonchev–Trinajstić information content (AvgIpc) is 2.36. The third kappa shape index (κ3) is 5.70. The normalized spacial score (nSPS) is 11.9. The number of rotatable bonds is 6. The van der Waals surface area contributed by atoms with E-state index in [-0.39, 0.29) is 5.82 Å². The van der Waals surface area contributed by atoms with Crippen LogP contribution in [0.5, 0.6) is 0 Å². The van der Waals surface area contributed by atoms with E-state index in [1.54, 1.807) is 6.07 Å². The molecule has 19 heavy (non-hydrogen) atoms. The molecule has 0 radical (unpaired) electrons. The number of nitrogens with one attached hydrogen (secondary N) is 1. The van der Waals surface area contributed by atoms with E-state index in [4.69, 9.17) is 5.73 Å². The van der Waals surface area contributed by atoms with E-state index in [9.17, 15) is 4.39 Å². The fraction of sp³-hybridized carbons (Fsp3) is 0.500. The molecular formula is C14H23FN4. The van der Waals surface area contributed by atoms with Gasteiger partial charge in [-0.2, -0.15) is 0 Å². The zero-order chi connectivity index (χ0) is 14.3. The molecule has 0 saturated carbocycles. The van der Waals surface area contributed by atoms with Crippen LogP contribution in [0, 0.1) is 5.82 Å². The van der Waals surface area contributed by atoms with Gasteiger partial charge in [-0.1, -0.05) is 13.0 Å². The Labute approximate surface area is 114 Å². The second-order valence-corrected chi connectivity index (χ2v) is 4.79. The van der Waals surface area contributed by atoms with Crippen molar-refractivity contribution in [3.05, 3.63) is 35.1 Å². The summed E-state index contributed by atoms with van der Waals surface area (Å²) in [5, 5.41) is 3.01. The molecule has 0 aromatic heterocycles. The summed E-state index contributed by atoms with van der Waals surface area (Å²) in [5.41, 5.74) is 7.35. The Morgan fingerprint density at radius 2 is 2.16 bits per heavy atom. The summed E-state index contributed by atoms with van der Waals surface area (Å²) in [7, 11) is 3.83. The van der Waals surface area contributed by atoms with E-state index in [2.05, 4.69) is 17.2 Å². The maximum absolute atomic E-state index is 13.6. The van der Waals surface area contributed by atoms with Gasteiger partial charge in [0.25, 0.3) is 0 Å². The molecule has 3 N–H and O–H groups in total. The fourth-order valence-corrected chi connectivity index (χ4v) is 1.67. The number of hydrogen-bond acceptors (Lipinski definition) is 2. The molecule has 0 fully saturated rings. The van der Waals surface area contributed by atoms with Crippen molar-refractivity contribution in [2.45, 2.75) is 26.4 Å². The largest absolute Gasteiger partial charge is 0.370 e. The lowest BCUT2D eigenvalue weighted by molar-refractivity contribution is 0.392. The van der Waals surface area contributed by atoms with Crippen LogP contribution in [-0.4, -0.2) is 31.5 Å². The molecule has 0 unspecified atom stereocenters. The van der Waals surface area contributed by atoms with Crippen molar-refractivity contribution in [2.75, 3.05) is 20.6 Å². The third-order valence-corrected chi connectivity index (χ3v) is 2.58. The maximum atomic E-state index is 13.6. The molecule has 1 aromatic rings. The maximum Gasteiger partial charge on any atom is 0.188 e. The molecule has 1 rings (SSSR count). The first kappa shape index (κ1) is 15.4.